The van der Waals surface area contributed by atoms with E-state index in [4.69, 9.17) is 28.4 Å². The highest BCUT2D eigenvalue weighted by molar-refractivity contribution is 5.55. The number of nitrogens with one attached hydrogen (secondary N) is 2. The van der Waals surface area contributed by atoms with Gasteiger partial charge in [-0.25, -0.2) is 9.59 Å². The molecule has 0 aliphatic rings. The zero-order chi connectivity index (χ0) is 31.3. The fraction of sp³-hybridized carbons (Fsp3) is 0.654. The fourth-order valence-electron chi connectivity index (χ4n) is 3.25. The highest BCUT2D eigenvalue weighted by Gasteiger charge is 2.19. The average Bonchev–Trinajstić information content (AvgIpc) is 2.97. The molecule has 0 spiro atoms. The Morgan fingerprint density at radius 3 is 1.62 bits per heavy atom. The van der Waals surface area contributed by atoms with Crippen LogP contribution in [0.15, 0.2) is 43.7 Å². The standard InChI is InChI=1S/C13H22N2O6.C13H20N2O6/c2*1-3-10(8-16)21-12(9-20-7-6-19-2)15-5-4-11(17)14-13(15)18/h4-5,10,12,16H,3,6-9H2,1-2H3,(H,14,17,18);4-5,8,10,12H,3,6-7,9H2,1-2H3,(H,14,17,18)/t2*10-,12+/m00/s1. The maximum absolute atomic E-state index is 11.8. The Hall–Kier alpha value is -3.25. The van der Waals surface area contributed by atoms with E-state index >= 15 is 0 Å². The Bertz CT molecular complexity index is 1240. The van der Waals surface area contributed by atoms with Crippen molar-refractivity contribution in [2.75, 3.05) is 60.5 Å². The van der Waals surface area contributed by atoms with Crippen molar-refractivity contribution in [1.29, 1.82) is 0 Å². The van der Waals surface area contributed by atoms with Crippen molar-refractivity contribution in [1.82, 2.24) is 19.1 Å². The molecule has 0 saturated carbocycles. The quantitative estimate of drug-likeness (QED) is 0.126. The molecule has 0 amide bonds. The van der Waals surface area contributed by atoms with E-state index in [0.717, 1.165) is 0 Å². The van der Waals surface area contributed by atoms with Gasteiger partial charge < -0.3 is 38.3 Å². The zero-order valence-electron chi connectivity index (χ0n) is 24.4. The number of aliphatic hydroxyl groups excluding tert-OH is 1. The first kappa shape index (κ1) is 36.8. The third-order valence-electron chi connectivity index (χ3n) is 5.60. The summed E-state index contributed by atoms with van der Waals surface area (Å²) in [5.41, 5.74) is -2.19. The van der Waals surface area contributed by atoms with E-state index in [1.54, 1.807) is 21.1 Å². The summed E-state index contributed by atoms with van der Waals surface area (Å²) in [4.78, 5) is 61.0. The molecular weight excluding hydrogens is 560 g/mol. The number of aliphatic hydroxyl groups is 1. The van der Waals surface area contributed by atoms with Gasteiger partial charge >= 0.3 is 11.4 Å². The lowest BCUT2D eigenvalue weighted by Crippen LogP contribution is -2.36. The van der Waals surface area contributed by atoms with Gasteiger partial charge in [-0.05, 0) is 12.8 Å². The summed E-state index contributed by atoms with van der Waals surface area (Å²) in [6.07, 6.45) is 1.76. The number of ether oxygens (including phenoxy) is 6. The third-order valence-corrected chi connectivity index (χ3v) is 5.60. The minimum atomic E-state index is -0.804. The number of H-pyrrole nitrogens is 2. The van der Waals surface area contributed by atoms with Crippen LogP contribution in [0.25, 0.3) is 0 Å². The van der Waals surface area contributed by atoms with Crippen LogP contribution in [-0.2, 0) is 33.2 Å². The molecule has 3 N–H and O–H groups in total. The second kappa shape index (κ2) is 21.5. The zero-order valence-corrected chi connectivity index (χ0v) is 24.4. The Kier molecular flexibility index (Phi) is 18.8. The maximum Gasteiger partial charge on any atom is 0.330 e. The van der Waals surface area contributed by atoms with Gasteiger partial charge in [0.25, 0.3) is 11.1 Å². The van der Waals surface area contributed by atoms with Crippen LogP contribution < -0.4 is 22.5 Å². The number of aldehydes is 1. The summed E-state index contributed by atoms with van der Waals surface area (Å²) >= 11 is 0. The molecule has 2 rings (SSSR count). The number of hydrogen-bond acceptors (Lipinski definition) is 12. The molecule has 0 radical (unpaired) electrons. The Morgan fingerprint density at radius 1 is 0.786 bits per heavy atom. The number of carbonyl (C=O) groups is 1. The number of aromatic amines is 2. The van der Waals surface area contributed by atoms with Gasteiger partial charge in [-0.1, -0.05) is 13.8 Å². The minimum absolute atomic E-state index is 0.0552. The topological polar surface area (TPSA) is 202 Å². The molecule has 0 unspecified atom stereocenters. The fourth-order valence-corrected chi connectivity index (χ4v) is 3.25. The molecule has 4 atom stereocenters. The molecule has 16 heteroatoms. The van der Waals surface area contributed by atoms with Crippen LogP contribution >= 0.6 is 0 Å². The summed E-state index contributed by atoms with van der Waals surface area (Å²) in [6.45, 7) is 5.14. The van der Waals surface area contributed by atoms with Gasteiger partial charge in [0.2, 0.25) is 0 Å². The monoisotopic (exact) mass is 602 g/mol. The van der Waals surface area contributed by atoms with Gasteiger partial charge in [0.05, 0.1) is 52.4 Å². The normalized spacial score (nSPS) is 13.9. The summed E-state index contributed by atoms with van der Waals surface area (Å²) in [5, 5.41) is 9.21. The molecule has 2 aromatic rings. The lowest BCUT2D eigenvalue weighted by molar-refractivity contribution is -0.134. The molecule has 0 fully saturated rings. The highest BCUT2D eigenvalue weighted by Crippen LogP contribution is 2.12. The van der Waals surface area contributed by atoms with Crippen LogP contribution in [0, 0.1) is 0 Å². The maximum atomic E-state index is 11.8. The molecule has 0 aliphatic heterocycles. The number of rotatable bonds is 20. The first-order valence-corrected chi connectivity index (χ1v) is 13.4. The lowest BCUT2D eigenvalue weighted by Gasteiger charge is -2.24. The number of nitrogens with zero attached hydrogens (tertiary/aromatic N) is 2. The summed E-state index contributed by atoms with van der Waals surface area (Å²) in [6, 6.07) is 2.43. The predicted molar refractivity (Wildman–Crippen MR) is 150 cm³/mol. The number of carbonyl (C=O) groups excluding carboxylic acids is 1. The van der Waals surface area contributed by atoms with Crippen LogP contribution in [0.4, 0.5) is 0 Å². The molecule has 2 aromatic heterocycles. The smallest absolute Gasteiger partial charge is 0.330 e. The van der Waals surface area contributed by atoms with E-state index in [1.807, 2.05) is 6.92 Å². The van der Waals surface area contributed by atoms with Crippen LogP contribution in [0.5, 0.6) is 0 Å². The predicted octanol–water partition coefficient (Wildman–Crippen LogP) is -0.822. The molecule has 238 valence electrons. The number of methoxy groups -OCH3 is 2. The Labute approximate surface area is 242 Å². The molecule has 0 saturated heterocycles. The van der Waals surface area contributed by atoms with Gasteiger partial charge in [-0.2, -0.15) is 0 Å². The Balaban J connectivity index is 0.000000420. The largest absolute Gasteiger partial charge is 0.394 e. The number of hydrogen-bond donors (Lipinski definition) is 3. The van der Waals surface area contributed by atoms with E-state index in [9.17, 15) is 29.1 Å². The van der Waals surface area contributed by atoms with Gasteiger partial charge in [0, 0.05) is 38.7 Å². The summed E-state index contributed by atoms with van der Waals surface area (Å²) in [5.74, 6) is 0. The van der Waals surface area contributed by atoms with E-state index in [2.05, 4.69) is 9.97 Å². The summed E-state index contributed by atoms with van der Waals surface area (Å²) in [7, 11) is 3.10. The summed E-state index contributed by atoms with van der Waals surface area (Å²) < 4.78 is 34.1. The van der Waals surface area contributed by atoms with Crippen LogP contribution in [0.3, 0.4) is 0 Å². The third kappa shape index (κ3) is 13.6. The van der Waals surface area contributed by atoms with Crippen molar-refractivity contribution in [3.05, 3.63) is 66.2 Å². The van der Waals surface area contributed by atoms with Gasteiger partial charge in [-0.15, -0.1) is 0 Å². The minimum Gasteiger partial charge on any atom is -0.394 e. The van der Waals surface area contributed by atoms with E-state index in [-0.39, 0.29) is 19.8 Å². The first-order valence-electron chi connectivity index (χ1n) is 13.4. The second-order valence-corrected chi connectivity index (χ2v) is 8.65. The van der Waals surface area contributed by atoms with Gasteiger partial charge in [0.1, 0.15) is 12.4 Å². The molecule has 42 heavy (non-hydrogen) atoms. The van der Waals surface area contributed by atoms with E-state index in [0.29, 0.717) is 45.6 Å². The van der Waals surface area contributed by atoms with Crippen LogP contribution in [0.1, 0.15) is 39.1 Å². The van der Waals surface area contributed by atoms with Crippen molar-refractivity contribution in [3.8, 4) is 0 Å². The first-order chi connectivity index (χ1) is 20.2. The van der Waals surface area contributed by atoms with Crippen molar-refractivity contribution >= 4 is 6.29 Å². The average molecular weight is 603 g/mol. The molecule has 0 aliphatic carbocycles. The van der Waals surface area contributed by atoms with E-state index < -0.39 is 47.2 Å². The van der Waals surface area contributed by atoms with Crippen molar-refractivity contribution in [2.24, 2.45) is 0 Å². The Morgan fingerprint density at radius 2 is 1.26 bits per heavy atom. The lowest BCUT2D eigenvalue weighted by atomic mass is 10.3. The van der Waals surface area contributed by atoms with Gasteiger partial charge in [0.15, 0.2) is 12.5 Å². The van der Waals surface area contributed by atoms with Crippen molar-refractivity contribution < 1.29 is 38.3 Å². The second-order valence-electron chi connectivity index (χ2n) is 8.65. The molecule has 2 heterocycles. The van der Waals surface area contributed by atoms with Crippen molar-refractivity contribution in [2.45, 2.75) is 51.4 Å². The molecule has 16 nitrogen and oxygen atoms in total. The van der Waals surface area contributed by atoms with Crippen LogP contribution in [-0.4, -0.2) is 103 Å². The van der Waals surface area contributed by atoms with Crippen molar-refractivity contribution in [3.63, 3.8) is 0 Å². The highest BCUT2D eigenvalue weighted by atomic mass is 16.6. The molecule has 0 bridgehead atoms. The number of aromatic nitrogens is 4. The van der Waals surface area contributed by atoms with E-state index in [1.165, 1.54) is 33.7 Å². The molecule has 0 aromatic carbocycles. The van der Waals surface area contributed by atoms with Gasteiger partial charge in [-0.3, -0.25) is 28.7 Å². The SMILES string of the molecule is CC[C@@H](C=O)O[C@H](COCCOC)n1ccc(=O)[nH]c1=O.CC[C@@H](CO)O[C@H](COCCOC)n1ccc(=O)[nH]c1=O. The molecular formula is C26H42N4O12. The van der Waals surface area contributed by atoms with Crippen LogP contribution in [0.2, 0.25) is 0 Å².